The molecule has 1 aliphatic heterocycles. The summed E-state index contributed by atoms with van der Waals surface area (Å²) in [6.45, 7) is 7.65. The van der Waals surface area contributed by atoms with E-state index in [0.29, 0.717) is 17.9 Å². The number of ether oxygens (including phenoxy) is 1. The van der Waals surface area contributed by atoms with Crippen LogP contribution in [-0.4, -0.2) is 16.4 Å². The molecule has 0 N–H and O–H groups in total. The maximum absolute atomic E-state index is 13.9. The number of hydrogen-bond acceptors (Lipinski definition) is 2. The summed E-state index contributed by atoms with van der Waals surface area (Å²) in [6.07, 6.45) is 0. The van der Waals surface area contributed by atoms with Crippen LogP contribution in [0.5, 0.6) is 5.88 Å². The minimum atomic E-state index is -0.250. The first-order valence-corrected chi connectivity index (χ1v) is 6.43. The zero-order valence-electron chi connectivity index (χ0n) is 11.4. The molecule has 0 saturated carbocycles. The molecule has 0 fully saturated rings. The number of rotatable bonds is 1. The van der Waals surface area contributed by atoms with Gasteiger partial charge in [-0.2, -0.15) is 5.10 Å². The van der Waals surface area contributed by atoms with Gasteiger partial charge in [0, 0.05) is 16.5 Å². The van der Waals surface area contributed by atoms with Gasteiger partial charge in [0.25, 0.3) is 0 Å². The lowest BCUT2D eigenvalue weighted by molar-refractivity contribution is 0.0997. The van der Waals surface area contributed by atoms with E-state index in [-0.39, 0.29) is 11.2 Å². The monoisotopic (exact) mass is 260 g/mol. The van der Waals surface area contributed by atoms with Crippen LogP contribution in [0.2, 0.25) is 0 Å². The van der Waals surface area contributed by atoms with E-state index in [0.717, 1.165) is 18.0 Å². The van der Waals surface area contributed by atoms with Crippen LogP contribution in [0.15, 0.2) is 24.3 Å². The highest BCUT2D eigenvalue weighted by Crippen LogP contribution is 2.36. The van der Waals surface area contributed by atoms with Crippen LogP contribution in [0.25, 0.3) is 11.3 Å². The molecule has 0 bridgehead atoms. The van der Waals surface area contributed by atoms with E-state index in [1.54, 1.807) is 12.1 Å². The second-order valence-electron chi connectivity index (χ2n) is 5.87. The second-order valence-corrected chi connectivity index (χ2v) is 5.87. The summed E-state index contributed by atoms with van der Waals surface area (Å²) in [6, 6.07) is 6.71. The van der Waals surface area contributed by atoms with Crippen molar-refractivity contribution in [3.8, 4) is 17.1 Å². The van der Waals surface area contributed by atoms with Crippen LogP contribution < -0.4 is 4.74 Å². The molecule has 4 heteroatoms. The third-order valence-corrected chi connectivity index (χ3v) is 3.44. The van der Waals surface area contributed by atoms with Gasteiger partial charge in [-0.05, 0) is 19.1 Å². The Morgan fingerprint density at radius 2 is 2.05 bits per heavy atom. The van der Waals surface area contributed by atoms with Crippen LogP contribution in [0.1, 0.15) is 19.4 Å². The van der Waals surface area contributed by atoms with E-state index in [1.807, 2.05) is 17.7 Å². The first kappa shape index (κ1) is 12.2. The van der Waals surface area contributed by atoms with E-state index >= 15 is 0 Å². The van der Waals surface area contributed by atoms with Crippen LogP contribution in [0.4, 0.5) is 4.39 Å². The zero-order chi connectivity index (χ0) is 13.6. The lowest BCUT2D eigenvalue weighted by atomic mass is 9.94. The Hall–Kier alpha value is -1.84. The van der Waals surface area contributed by atoms with Crippen molar-refractivity contribution in [3.05, 3.63) is 35.6 Å². The van der Waals surface area contributed by atoms with Crippen molar-refractivity contribution in [3.63, 3.8) is 0 Å². The van der Waals surface area contributed by atoms with Crippen LogP contribution in [0, 0.1) is 18.2 Å². The first-order valence-electron chi connectivity index (χ1n) is 6.43. The van der Waals surface area contributed by atoms with Gasteiger partial charge >= 0.3 is 0 Å². The summed E-state index contributed by atoms with van der Waals surface area (Å²) in [5.41, 5.74) is 2.16. The van der Waals surface area contributed by atoms with E-state index in [4.69, 9.17) is 4.74 Å². The molecule has 0 amide bonds. The minimum absolute atomic E-state index is 0.0535. The second kappa shape index (κ2) is 4.08. The van der Waals surface area contributed by atoms with E-state index in [1.165, 1.54) is 6.07 Å². The van der Waals surface area contributed by atoms with Gasteiger partial charge < -0.3 is 4.74 Å². The van der Waals surface area contributed by atoms with Gasteiger partial charge in [-0.15, -0.1) is 0 Å². The van der Waals surface area contributed by atoms with E-state index in [9.17, 15) is 4.39 Å². The highest BCUT2D eigenvalue weighted by atomic mass is 19.1. The summed E-state index contributed by atoms with van der Waals surface area (Å²) >= 11 is 0. The number of halogens is 1. The number of benzene rings is 1. The predicted molar refractivity (Wildman–Crippen MR) is 71.6 cm³/mol. The van der Waals surface area contributed by atoms with Gasteiger partial charge in [-0.1, -0.05) is 26.0 Å². The summed E-state index contributed by atoms with van der Waals surface area (Å²) in [4.78, 5) is 0. The fourth-order valence-electron chi connectivity index (χ4n) is 2.45. The molecule has 2 heterocycles. The molecule has 0 radical (unpaired) electrons. The fourth-order valence-corrected chi connectivity index (χ4v) is 2.45. The third kappa shape index (κ3) is 2.01. The Balaban J connectivity index is 2.11. The van der Waals surface area contributed by atoms with Crippen LogP contribution in [0.3, 0.4) is 0 Å². The average molecular weight is 260 g/mol. The zero-order valence-corrected chi connectivity index (χ0v) is 11.4. The molecule has 3 rings (SSSR count). The SMILES string of the molecule is Cc1c(-c2ccccc2F)nn2c1OCC(C)(C)C2. The molecule has 19 heavy (non-hydrogen) atoms. The maximum atomic E-state index is 13.9. The molecule has 0 saturated heterocycles. The molecule has 0 unspecified atom stereocenters. The normalized spacial score (nSPS) is 16.8. The molecular weight excluding hydrogens is 243 g/mol. The Labute approximate surface area is 112 Å². The molecule has 0 spiro atoms. The van der Waals surface area contributed by atoms with E-state index in [2.05, 4.69) is 18.9 Å². The number of fused-ring (bicyclic) bond motifs is 1. The smallest absolute Gasteiger partial charge is 0.215 e. The molecule has 0 aliphatic carbocycles. The Morgan fingerprint density at radius 3 is 2.79 bits per heavy atom. The largest absolute Gasteiger partial charge is 0.477 e. The van der Waals surface area contributed by atoms with Crippen molar-refractivity contribution in [1.29, 1.82) is 0 Å². The summed E-state index contributed by atoms with van der Waals surface area (Å²) in [5.74, 6) is 0.512. The van der Waals surface area contributed by atoms with Crippen molar-refractivity contribution < 1.29 is 9.13 Å². The molecule has 100 valence electrons. The summed E-state index contributed by atoms with van der Waals surface area (Å²) in [5, 5.41) is 4.53. The van der Waals surface area contributed by atoms with Crippen molar-refractivity contribution in [2.24, 2.45) is 5.41 Å². The number of hydrogen-bond donors (Lipinski definition) is 0. The molecule has 1 aromatic carbocycles. The van der Waals surface area contributed by atoms with Gasteiger partial charge in [-0.3, -0.25) is 0 Å². The van der Waals surface area contributed by atoms with Gasteiger partial charge in [0.15, 0.2) is 0 Å². The first-order chi connectivity index (χ1) is 8.98. The van der Waals surface area contributed by atoms with Gasteiger partial charge in [0.05, 0.1) is 13.2 Å². The lowest BCUT2D eigenvalue weighted by Gasteiger charge is -2.30. The summed E-state index contributed by atoms with van der Waals surface area (Å²) in [7, 11) is 0. The molecule has 3 nitrogen and oxygen atoms in total. The molecule has 0 atom stereocenters. The Morgan fingerprint density at radius 1 is 1.32 bits per heavy atom. The molecule has 1 aliphatic rings. The third-order valence-electron chi connectivity index (χ3n) is 3.44. The van der Waals surface area contributed by atoms with Crippen molar-refractivity contribution in [2.45, 2.75) is 27.3 Å². The Kier molecular flexibility index (Phi) is 2.62. The predicted octanol–water partition coefficient (Wildman–Crippen LogP) is 3.42. The molecule has 2 aromatic rings. The van der Waals surface area contributed by atoms with Crippen molar-refractivity contribution in [1.82, 2.24) is 9.78 Å². The van der Waals surface area contributed by atoms with Crippen molar-refractivity contribution in [2.75, 3.05) is 6.61 Å². The van der Waals surface area contributed by atoms with Gasteiger partial charge in [0.1, 0.15) is 11.5 Å². The average Bonchev–Trinajstić information content (AvgIpc) is 2.65. The number of nitrogens with zero attached hydrogens (tertiary/aromatic N) is 2. The molecule has 1 aromatic heterocycles. The van der Waals surface area contributed by atoms with Crippen LogP contribution in [-0.2, 0) is 6.54 Å². The minimum Gasteiger partial charge on any atom is -0.477 e. The van der Waals surface area contributed by atoms with Gasteiger partial charge in [-0.25, -0.2) is 9.07 Å². The van der Waals surface area contributed by atoms with Gasteiger partial charge in [0.2, 0.25) is 5.88 Å². The highest BCUT2D eigenvalue weighted by molar-refractivity contribution is 5.65. The topological polar surface area (TPSA) is 27.1 Å². The summed E-state index contributed by atoms with van der Waals surface area (Å²) < 4.78 is 21.5. The lowest BCUT2D eigenvalue weighted by Crippen LogP contribution is -2.33. The fraction of sp³-hybridized carbons (Fsp3) is 0.400. The van der Waals surface area contributed by atoms with Crippen LogP contribution >= 0.6 is 0 Å². The quantitative estimate of drug-likeness (QED) is 0.785. The molecular formula is C15H17FN2O. The maximum Gasteiger partial charge on any atom is 0.215 e. The van der Waals surface area contributed by atoms with Crippen molar-refractivity contribution >= 4 is 0 Å². The Bertz CT molecular complexity index is 631. The van der Waals surface area contributed by atoms with E-state index < -0.39 is 0 Å². The highest BCUT2D eigenvalue weighted by Gasteiger charge is 2.30. The standard InChI is InChI=1S/C15H17FN2O/c1-10-13(11-6-4-5-7-12(11)16)17-18-8-15(2,3)9-19-14(10)18/h4-7H,8-9H2,1-3H3. The number of aromatic nitrogens is 2.